The van der Waals surface area contributed by atoms with Crippen LogP contribution >= 0.6 is 11.6 Å². The van der Waals surface area contributed by atoms with E-state index < -0.39 is 6.36 Å². The second-order valence-electron chi connectivity index (χ2n) is 7.04. The number of halogens is 4. The molecule has 0 saturated carbocycles. The van der Waals surface area contributed by atoms with Crippen molar-refractivity contribution in [1.82, 2.24) is 19.5 Å². The monoisotopic (exact) mass is 440 g/mol. The molecule has 1 unspecified atom stereocenters. The highest BCUT2D eigenvalue weighted by Gasteiger charge is 2.31. The van der Waals surface area contributed by atoms with Gasteiger partial charge in [0.15, 0.2) is 5.65 Å². The third kappa shape index (κ3) is 4.69. The van der Waals surface area contributed by atoms with Gasteiger partial charge in [-0.15, -0.1) is 13.2 Å². The van der Waals surface area contributed by atoms with Gasteiger partial charge in [0, 0.05) is 18.0 Å². The van der Waals surface area contributed by atoms with E-state index in [0.717, 1.165) is 44.0 Å². The lowest BCUT2D eigenvalue weighted by atomic mass is 10.1. The Hall–Kier alpha value is -2.35. The van der Waals surface area contributed by atoms with Crippen LogP contribution in [0.3, 0.4) is 0 Å². The summed E-state index contributed by atoms with van der Waals surface area (Å²) in [5.41, 5.74) is 2.28. The molecule has 3 rings (SSSR count). The number of alkyl halides is 3. The molecular formula is C21H24ClF3N4O. The van der Waals surface area contributed by atoms with Crippen molar-refractivity contribution in [2.24, 2.45) is 0 Å². The topological polar surface area (TPSA) is 52.8 Å². The summed E-state index contributed by atoms with van der Waals surface area (Å²) in [6.07, 6.45) is 1.56. The molecule has 0 fully saturated rings. The summed E-state index contributed by atoms with van der Waals surface area (Å²) in [5, 5.41) is 0.0994. The Balaban J connectivity index is 2.10. The van der Waals surface area contributed by atoms with Crippen LogP contribution in [-0.2, 0) is 6.42 Å². The molecule has 0 amide bonds. The Morgan fingerprint density at radius 3 is 2.53 bits per heavy atom. The fourth-order valence-electron chi connectivity index (χ4n) is 3.62. The van der Waals surface area contributed by atoms with Gasteiger partial charge >= 0.3 is 6.36 Å². The van der Waals surface area contributed by atoms with Gasteiger partial charge in [-0.05, 0) is 31.0 Å². The number of imidazole rings is 1. The summed E-state index contributed by atoms with van der Waals surface area (Å²) in [4.78, 5) is 13.6. The largest absolute Gasteiger partial charge is 0.573 e. The molecule has 0 saturated heterocycles. The van der Waals surface area contributed by atoms with Crippen LogP contribution in [0.15, 0.2) is 24.5 Å². The van der Waals surface area contributed by atoms with Crippen molar-refractivity contribution in [3.63, 3.8) is 0 Å². The third-order valence-corrected chi connectivity index (χ3v) is 5.34. The zero-order valence-electron chi connectivity index (χ0n) is 17.1. The van der Waals surface area contributed by atoms with E-state index in [1.807, 2.05) is 6.92 Å². The quantitative estimate of drug-likeness (QED) is 0.388. The lowest BCUT2D eigenvalue weighted by molar-refractivity contribution is -0.274. The van der Waals surface area contributed by atoms with Crippen molar-refractivity contribution in [3.8, 4) is 17.0 Å². The molecule has 0 aliphatic carbocycles. The van der Waals surface area contributed by atoms with Crippen molar-refractivity contribution >= 4 is 22.8 Å². The molecule has 5 nitrogen and oxygen atoms in total. The van der Waals surface area contributed by atoms with Crippen LogP contribution in [0, 0.1) is 0 Å². The molecule has 2 heterocycles. The number of benzene rings is 1. The molecule has 1 aromatic carbocycles. The molecule has 3 aromatic rings. The smallest absolute Gasteiger partial charge is 0.406 e. The number of hydrogen-bond acceptors (Lipinski definition) is 4. The number of aryl methyl sites for hydroxylation is 1. The van der Waals surface area contributed by atoms with Gasteiger partial charge < -0.3 is 9.30 Å². The van der Waals surface area contributed by atoms with Gasteiger partial charge in [-0.25, -0.2) is 15.0 Å². The zero-order valence-corrected chi connectivity index (χ0v) is 17.9. The molecule has 1 atom stereocenters. The predicted molar refractivity (Wildman–Crippen MR) is 111 cm³/mol. The van der Waals surface area contributed by atoms with E-state index in [2.05, 4.69) is 33.1 Å². The van der Waals surface area contributed by atoms with Crippen molar-refractivity contribution in [2.75, 3.05) is 0 Å². The zero-order chi connectivity index (χ0) is 21.9. The molecule has 0 aliphatic rings. The molecule has 30 heavy (non-hydrogen) atoms. The summed E-state index contributed by atoms with van der Waals surface area (Å²) in [6, 6.07) is 4.08. The van der Waals surface area contributed by atoms with Crippen molar-refractivity contribution in [2.45, 2.75) is 65.3 Å². The molecule has 0 N–H and O–H groups in total. The van der Waals surface area contributed by atoms with Gasteiger partial charge in [0.1, 0.15) is 29.1 Å². The summed E-state index contributed by atoms with van der Waals surface area (Å²) in [6.45, 7) is 6.34. The van der Waals surface area contributed by atoms with E-state index in [9.17, 15) is 13.2 Å². The van der Waals surface area contributed by atoms with Crippen LogP contribution < -0.4 is 4.74 Å². The minimum Gasteiger partial charge on any atom is -0.406 e. The average Bonchev–Trinajstić information content (AvgIpc) is 3.06. The van der Waals surface area contributed by atoms with Crippen LogP contribution in [0.5, 0.6) is 5.75 Å². The lowest BCUT2D eigenvalue weighted by Gasteiger charge is -2.19. The maximum absolute atomic E-state index is 12.5. The van der Waals surface area contributed by atoms with Crippen LogP contribution in [0.2, 0.25) is 5.02 Å². The highest BCUT2D eigenvalue weighted by Crippen LogP contribution is 2.36. The Morgan fingerprint density at radius 1 is 1.17 bits per heavy atom. The van der Waals surface area contributed by atoms with Crippen molar-refractivity contribution < 1.29 is 17.9 Å². The summed E-state index contributed by atoms with van der Waals surface area (Å²) in [7, 11) is 0. The molecule has 9 heteroatoms. The summed E-state index contributed by atoms with van der Waals surface area (Å²) >= 11 is 6.29. The third-order valence-electron chi connectivity index (χ3n) is 5.02. The Bertz CT molecular complexity index is 1020. The number of ether oxygens (including phenoxy) is 1. The number of hydrogen-bond donors (Lipinski definition) is 0. The van der Waals surface area contributed by atoms with Gasteiger partial charge in [-0.1, -0.05) is 45.2 Å². The van der Waals surface area contributed by atoms with Crippen LogP contribution in [0.25, 0.3) is 22.4 Å². The molecule has 162 valence electrons. The highest BCUT2D eigenvalue weighted by molar-refractivity contribution is 6.33. The van der Waals surface area contributed by atoms with Crippen LogP contribution in [0.1, 0.15) is 58.3 Å². The van der Waals surface area contributed by atoms with Gasteiger partial charge in [-0.2, -0.15) is 0 Å². The van der Waals surface area contributed by atoms with Gasteiger partial charge in [0.05, 0.1) is 5.02 Å². The number of fused-ring (bicyclic) bond motifs is 1. The average molecular weight is 441 g/mol. The van der Waals surface area contributed by atoms with Crippen molar-refractivity contribution in [1.29, 1.82) is 0 Å². The molecule has 0 aliphatic heterocycles. The second-order valence-corrected chi connectivity index (χ2v) is 7.45. The highest BCUT2D eigenvalue weighted by atomic mass is 35.5. The van der Waals surface area contributed by atoms with Gasteiger partial charge in [-0.3, -0.25) is 0 Å². The van der Waals surface area contributed by atoms with E-state index in [1.165, 1.54) is 18.5 Å². The summed E-state index contributed by atoms with van der Waals surface area (Å²) < 4.78 is 43.6. The standard InChI is InChI=1S/C21H24ClF3N4O/c1-4-7-8-13(5-2)29-17(6-3)28-19-18(26-12-27-20(19)29)15-10-9-14(11-16(15)22)30-21(23,24)25/h9-13H,4-8H2,1-3H3. The van der Waals surface area contributed by atoms with E-state index in [4.69, 9.17) is 16.6 Å². The number of unbranched alkanes of at least 4 members (excludes halogenated alkanes) is 1. The molecule has 2 aromatic heterocycles. The first kappa shape index (κ1) is 22.3. The molecule has 0 spiro atoms. The SMILES string of the molecule is CCCCC(CC)n1c(CC)nc2c(-c3ccc(OC(F)(F)F)cc3Cl)ncnc21. The predicted octanol–water partition coefficient (Wildman–Crippen LogP) is 6.75. The number of rotatable bonds is 8. The fourth-order valence-corrected chi connectivity index (χ4v) is 3.88. The fraction of sp³-hybridized carbons (Fsp3) is 0.476. The van der Waals surface area contributed by atoms with E-state index in [-0.39, 0.29) is 16.8 Å². The molecule has 0 bridgehead atoms. The number of nitrogens with zero attached hydrogens (tertiary/aromatic N) is 4. The van der Waals surface area contributed by atoms with E-state index in [0.29, 0.717) is 22.4 Å². The number of aromatic nitrogens is 4. The Labute approximate surface area is 178 Å². The Morgan fingerprint density at radius 2 is 1.93 bits per heavy atom. The first-order chi connectivity index (χ1) is 14.3. The van der Waals surface area contributed by atoms with Gasteiger partial charge in [0.2, 0.25) is 0 Å². The maximum atomic E-state index is 12.5. The minimum atomic E-state index is -4.78. The maximum Gasteiger partial charge on any atom is 0.573 e. The first-order valence-electron chi connectivity index (χ1n) is 10.1. The van der Waals surface area contributed by atoms with Gasteiger partial charge in [0.25, 0.3) is 0 Å². The first-order valence-corrected chi connectivity index (χ1v) is 10.4. The molecule has 0 radical (unpaired) electrons. The van der Waals surface area contributed by atoms with Crippen molar-refractivity contribution in [3.05, 3.63) is 35.4 Å². The normalized spacial score (nSPS) is 13.0. The van der Waals surface area contributed by atoms with Crippen LogP contribution in [0.4, 0.5) is 13.2 Å². The van der Waals surface area contributed by atoms with E-state index in [1.54, 1.807) is 0 Å². The van der Waals surface area contributed by atoms with E-state index >= 15 is 0 Å². The Kier molecular flexibility index (Phi) is 6.85. The summed E-state index contributed by atoms with van der Waals surface area (Å²) in [5.74, 6) is 0.523. The second kappa shape index (κ2) is 9.20. The molecular weight excluding hydrogens is 417 g/mol. The minimum absolute atomic E-state index is 0.0994. The van der Waals surface area contributed by atoms with Crippen LogP contribution in [-0.4, -0.2) is 25.9 Å². The lowest BCUT2D eigenvalue weighted by Crippen LogP contribution is -2.17.